The molecule has 0 aliphatic heterocycles. The predicted molar refractivity (Wildman–Crippen MR) is 111 cm³/mol. The second-order valence-corrected chi connectivity index (χ2v) is 8.40. The Morgan fingerprint density at radius 2 is 1.69 bits per heavy atom. The van der Waals surface area contributed by atoms with Gasteiger partial charge in [0.05, 0.1) is 22.5 Å². The molecule has 2 aromatic heterocycles. The standard InChI is InChI=1S/C21H22N5O2S/c1-2-3-13-25-14-15-26(16-25)21-20(22-18-11-7-8-12-19(18)23-21)24-29(27,28)17-9-5-4-6-10-17/h4-12,14-16H,2-3,13H2,1H3,(H,22,24)/q+1. The van der Waals surface area contributed by atoms with E-state index in [-0.39, 0.29) is 10.7 Å². The Labute approximate surface area is 169 Å². The van der Waals surface area contributed by atoms with E-state index in [0.717, 1.165) is 19.4 Å². The summed E-state index contributed by atoms with van der Waals surface area (Å²) in [6, 6.07) is 15.6. The van der Waals surface area contributed by atoms with Gasteiger partial charge in [-0.25, -0.2) is 23.0 Å². The van der Waals surface area contributed by atoms with E-state index < -0.39 is 10.0 Å². The number of fused-ring (bicyclic) bond motifs is 1. The molecule has 0 amide bonds. The minimum absolute atomic E-state index is 0.173. The minimum Gasteiger partial charge on any atom is -0.258 e. The van der Waals surface area contributed by atoms with Crippen LogP contribution in [-0.4, -0.2) is 23.0 Å². The fourth-order valence-corrected chi connectivity index (χ4v) is 4.04. The number of nitrogens with zero attached hydrogens (tertiary/aromatic N) is 4. The molecule has 0 atom stereocenters. The third kappa shape index (κ3) is 4.12. The van der Waals surface area contributed by atoms with Crippen LogP contribution in [0.4, 0.5) is 5.82 Å². The average molecular weight is 409 g/mol. The Hall–Kier alpha value is -3.26. The topological polar surface area (TPSA) is 80.8 Å². The first kappa shape index (κ1) is 19.1. The molecule has 0 saturated heterocycles. The lowest BCUT2D eigenvalue weighted by Crippen LogP contribution is -2.30. The highest BCUT2D eigenvalue weighted by atomic mass is 32.2. The van der Waals surface area contributed by atoms with Gasteiger partial charge in [-0.2, -0.15) is 4.57 Å². The molecule has 0 spiro atoms. The number of hydrogen-bond donors (Lipinski definition) is 1. The molecule has 2 aromatic carbocycles. The number of para-hydroxylation sites is 2. The highest BCUT2D eigenvalue weighted by Crippen LogP contribution is 2.23. The first-order valence-corrected chi connectivity index (χ1v) is 11.0. The van der Waals surface area contributed by atoms with Crippen LogP contribution in [0, 0.1) is 0 Å². The Morgan fingerprint density at radius 1 is 1.00 bits per heavy atom. The largest absolute Gasteiger partial charge is 0.270 e. The zero-order valence-electron chi connectivity index (χ0n) is 16.1. The summed E-state index contributed by atoms with van der Waals surface area (Å²) in [6.07, 6.45) is 7.85. The third-order valence-corrected chi connectivity index (χ3v) is 5.90. The van der Waals surface area contributed by atoms with E-state index in [1.54, 1.807) is 34.9 Å². The van der Waals surface area contributed by atoms with Crippen molar-refractivity contribution in [3.8, 4) is 5.82 Å². The van der Waals surface area contributed by atoms with E-state index in [1.165, 1.54) is 0 Å². The molecule has 0 bridgehead atoms. The van der Waals surface area contributed by atoms with Gasteiger partial charge in [0, 0.05) is 0 Å². The van der Waals surface area contributed by atoms with Crippen molar-refractivity contribution in [3.05, 3.63) is 73.3 Å². The van der Waals surface area contributed by atoms with E-state index in [0.29, 0.717) is 16.9 Å². The molecule has 0 unspecified atom stereocenters. The van der Waals surface area contributed by atoms with Crippen molar-refractivity contribution in [3.63, 3.8) is 0 Å². The van der Waals surface area contributed by atoms with Crippen molar-refractivity contribution in [2.75, 3.05) is 4.72 Å². The molecule has 0 aliphatic rings. The minimum atomic E-state index is -3.79. The lowest BCUT2D eigenvalue weighted by molar-refractivity contribution is -0.696. The molecule has 2 heterocycles. The number of imidazole rings is 1. The number of unbranched alkanes of at least 4 members (excludes halogenated alkanes) is 1. The number of anilines is 1. The predicted octanol–water partition coefficient (Wildman–Crippen LogP) is 3.31. The lowest BCUT2D eigenvalue weighted by Gasteiger charge is -2.10. The second kappa shape index (κ2) is 8.00. The number of aryl methyl sites for hydroxylation is 1. The number of sulfonamides is 1. The van der Waals surface area contributed by atoms with Crippen molar-refractivity contribution in [1.29, 1.82) is 0 Å². The van der Waals surface area contributed by atoms with Crippen molar-refractivity contribution in [2.24, 2.45) is 0 Å². The maximum Gasteiger partial charge on any atom is 0.270 e. The van der Waals surface area contributed by atoms with Gasteiger partial charge in [-0.05, 0) is 30.7 Å². The molecule has 0 saturated carbocycles. The Bertz CT molecular complexity index is 1240. The molecule has 0 aliphatic carbocycles. The molecular weight excluding hydrogens is 386 g/mol. The van der Waals surface area contributed by atoms with Gasteiger partial charge in [-0.3, -0.25) is 4.72 Å². The number of rotatable bonds is 7. The summed E-state index contributed by atoms with van der Waals surface area (Å²) in [7, 11) is -3.79. The van der Waals surface area contributed by atoms with Gasteiger partial charge in [0.2, 0.25) is 12.1 Å². The molecule has 4 aromatic rings. The maximum absolute atomic E-state index is 12.9. The van der Waals surface area contributed by atoms with Crippen LogP contribution in [0.25, 0.3) is 16.9 Å². The van der Waals surface area contributed by atoms with Crippen LogP contribution in [0.5, 0.6) is 0 Å². The zero-order chi connectivity index (χ0) is 20.3. The zero-order valence-corrected chi connectivity index (χ0v) is 16.9. The number of benzene rings is 2. The van der Waals surface area contributed by atoms with Gasteiger partial charge < -0.3 is 0 Å². The summed E-state index contributed by atoms with van der Waals surface area (Å²) in [5, 5.41) is 0. The van der Waals surface area contributed by atoms with Crippen molar-refractivity contribution in [1.82, 2.24) is 14.5 Å². The monoisotopic (exact) mass is 408 g/mol. The first-order valence-electron chi connectivity index (χ1n) is 9.49. The van der Waals surface area contributed by atoms with Gasteiger partial charge in [0.15, 0.2) is 0 Å². The Kier molecular flexibility index (Phi) is 5.26. The quantitative estimate of drug-likeness (QED) is 0.476. The normalized spacial score (nSPS) is 11.6. The fraction of sp³-hybridized carbons (Fsp3) is 0.190. The highest BCUT2D eigenvalue weighted by molar-refractivity contribution is 7.92. The number of hydrogen-bond acceptors (Lipinski definition) is 4. The molecule has 0 radical (unpaired) electrons. The molecule has 8 heteroatoms. The first-order chi connectivity index (χ1) is 14.1. The maximum atomic E-state index is 12.9. The Balaban J connectivity index is 1.80. The number of aromatic nitrogens is 4. The highest BCUT2D eigenvalue weighted by Gasteiger charge is 2.22. The van der Waals surface area contributed by atoms with E-state index in [4.69, 9.17) is 0 Å². The summed E-state index contributed by atoms with van der Waals surface area (Å²) in [5.74, 6) is 0.615. The summed E-state index contributed by atoms with van der Waals surface area (Å²) in [5.41, 5.74) is 1.31. The van der Waals surface area contributed by atoms with E-state index in [2.05, 4.69) is 26.2 Å². The summed E-state index contributed by atoms with van der Waals surface area (Å²) in [4.78, 5) is 9.40. The van der Waals surface area contributed by atoms with Crippen molar-refractivity contribution >= 4 is 26.9 Å². The second-order valence-electron chi connectivity index (χ2n) is 6.72. The van der Waals surface area contributed by atoms with Gasteiger partial charge in [-0.15, -0.1) is 0 Å². The van der Waals surface area contributed by atoms with Gasteiger partial charge >= 0.3 is 0 Å². The SMILES string of the molecule is CCCC[n+]1ccn(-c2nc3ccccc3nc2NS(=O)(=O)c2ccccc2)c1. The molecule has 4 rings (SSSR count). The van der Waals surface area contributed by atoms with Gasteiger partial charge in [-0.1, -0.05) is 43.7 Å². The molecule has 148 valence electrons. The smallest absolute Gasteiger partial charge is 0.258 e. The lowest BCUT2D eigenvalue weighted by atomic mass is 10.3. The molecule has 0 fully saturated rings. The summed E-state index contributed by atoms with van der Waals surface area (Å²) < 4.78 is 32.2. The molecule has 7 nitrogen and oxygen atoms in total. The van der Waals surface area contributed by atoms with Crippen LogP contribution >= 0.6 is 0 Å². The summed E-state index contributed by atoms with van der Waals surface area (Å²) >= 11 is 0. The van der Waals surface area contributed by atoms with Crippen molar-refractivity contribution in [2.45, 2.75) is 31.2 Å². The fourth-order valence-electron chi connectivity index (χ4n) is 3.02. The van der Waals surface area contributed by atoms with Gasteiger partial charge in [0.1, 0.15) is 12.4 Å². The van der Waals surface area contributed by atoms with E-state index in [9.17, 15) is 8.42 Å². The molecule has 1 N–H and O–H groups in total. The van der Waals surface area contributed by atoms with E-state index >= 15 is 0 Å². The molecule has 29 heavy (non-hydrogen) atoms. The van der Waals surface area contributed by atoms with Crippen LogP contribution in [0.1, 0.15) is 19.8 Å². The van der Waals surface area contributed by atoms with Crippen molar-refractivity contribution < 1.29 is 13.0 Å². The van der Waals surface area contributed by atoms with Crippen LogP contribution in [0.15, 0.2) is 78.2 Å². The average Bonchev–Trinajstić information content (AvgIpc) is 3.21. The molecular formula is C21H22N5O2S+. The van der Waals surface area contributed by atoms with Crippen LogP contribution in [-0.2, 0) is 16.6 Å². The number of nitrogens with one attached hydrogen (secondary N) is 1. The Morgan fingerprint density at radius 3 is 2.41 bits per heavy atom. The summed E-state index contributed by atoms with van der Waals surface area (Å²) in [6.45, 7) is 3.03. The van der Waals surface area contributed by atoms with Crippen LogP contribution in [0.3, 0.4) is 0 Å². The van der Waals surface area contributed by atoms with Gasteiger partial charge in [0.25, 0.3) is 15.8 Å². The van der Waals surface area contributed by atoms with E-state index in [1.807, 2.05) is 43.0 Å². The third-order valence-electron chi connectivity index (χ3n) is 4.54. The van der Waals surface area contributed by atoms with Crippen LogP contribution < -0.4 is 9.29 Å². The van der Waals surface area contributed by atoms with Crippen LogP contribution in [0.2, 0.25) is 0 Å².